The molecule has 2 bridgehead atoms. The summed E-state index contributed by atoms with van der Waals surface area (Å²) in [6.07, 6.45) is 1.15. The Balaban J connectivity index is 1.67. The SMILES string of the molecule is CCCOC(=O)[C@H]1[C@H](C(=O)OCC[Si](C)(C)C)C2C/C(=N\OCc3ccccc3)[C@H]1c1cc(O)ccc12. The second-order valence-corrected chi connectivity index (χ2v) is 16.8. The lowest BCUT2D eigenvalue weighted by Crippen LogP contribution is -2.51. The van der Waals surface area contributed by atoms with Gasteiger partial charge in [-0.05, 0) is 47.7 Å². The molecule has 1 saturated carbocycles. The van der Waals surface area contributed by atoms with Gasteiger partial charge in [0.1, 0.15) is 12.4 Å². The lowest BCUT2D eigenvalue weighted by Gasteiger charge is -2.47. The van der Waals surface area contributed by atoms with Crippen LogP contribution in [0.15, 0.2) is 53.7 Å². The van der Waals surface area contributed by atoms with E-state index in [0.717, 1.165) is 22.7 Å². The molecule has 7 nitrogen and oxygen atoms in total. The number of rotatable bonds is 10. The van der Waals surface area contributed by atoms with Crippen molar-refractivity contribution in [2.24, 2.45) is 17.0 Å². The first-order valence-electron chi connectivity index (χ1n) is 13.1. The third-order valence-corrected chi connectivity index (χ3v) is 8.82. The highest BCUT2D eigenvalue weighted by Crippen LogP contribution is 2.56. The topological polar surface area (TPSA) is 94.4 Å². The zero-order valence-electron chi connectivity index (χ0n) is 22.1. The number of fused-ring (bicyclic) bond motifs is 2. The third-order valence-electron chi connectivity index (χ3n) is 7.12. The minimum Gasteiger partial charge on any atom is -0.508 e. The van der Waals surface area contributed by atoms with Crippen molar-refractivity contribution in [2.75, 3.05) is 13.2 Å². The number of carbonyl (C=O) groups is 2. The molecule has 0 aromatic heterocycles. The summed E-state index contributed by atoms with van der Waals surface area (Å²) in [5, 5.41) is 14.8. The molecule has 0 heterocycles. The number of phenols is 1. The van der Waals surface area contributed by atoms with Gasteiger partial charge in [-0.25, -0.2) is 0 Å². The number of esters is 2. The van der Waals surface area contributed by atoms with Gasteiger partial charge < -0.3 is 19.4 Å². The Kier molecular flexibility index (Phi) is 8.37. The Morgan fingerprint density at radius 3 is 2.38 bits per heavy atom. The molecular weight excluding hydrogens is 486 g/mol. The summed E-state index contributed by atoms with van der Waals surface area (Å²) in [5.41, 5.74) is 3.40. The predicted octanol–water partition coefficient (Wildman–Crippen LogP) is 5.62. The van der Waals surface area contributed by atoms with E-state index < -0.39 is 31.8 Å². The monoisotopic (exact) mass is 523 g/mol. The molecule has 0 amide bonds. The van der Waals surface area contributed by atoms with Crippen molar-refractivity contribution in [3.8, 4) is 5.75 Å². The minimum atomic E-state index is -1.40. The van der Waals surface area contributed by atoms with Gasteiger partial charge in [0.15, 0.2) is 0 Å². The molecule has 1 unspecified atom stereocenters. The summed E-state index contributed by atoms with van der Waals surface area (Å²) in [5.74, 6) is -3.03. The smallest absolute Gasteiger partial charge is 0.310 e. The van der Waals surface area contributed by atoms with Crippen molar-refractivity contribution in [2.45, 2.75) is 63.9 Å². The normalized spacial score (nSPS) is 23.4. The number of oxime groups is 1. The molecule has 1 fully saturated rings. The van der Waals surface area contributed by atoms with Crippen molar-refractivity contribution in [3.05, 3.63) is 65.2 Å². The van der Waals surface area contributed by atoms with E-state index in [9.17, 15) is 14.7 Å². The average molecular weight is 524 g/mol. The Morgan fingerprint density at radius 2 is 1.68 bits per heavy atom. The second-order valence-electron chi connectivity index (χ2n) is 11.1. The number of ether oxygens (including phenoxy) is 2. The average Bonchev–Trinajstić information content (AvgIpc) is 2.86. The van der Waals surface area contributed by atoms with E-state index in [2.05, 4.69) is 24.8 Å². The van der Waals surface area contributed by atoms with E-state index in [1.807, 2.05) is 43.3 Å². The van der Waals surface area contributed by atoms with Crippen molar-refractivity contribution in [3.63, 3.8) is 0 Å². The van der Waals surface area contributed by atoms with Crippen molar-refractivity contribution in [1.29, 1.82) is 0 Å². The number of hydrogen-bond acceptors (Lipinski definition) is 7. The van der Waals surface area contributed by atoms with Crippen LogP contribution in [0.5, 0.6) is 5.75 Å². The zero-order valence-corrected chi connectivity index (χ0v) is 23.1. The molecule has 0 aliphatic heterocycles. The molecule has 0 spiro atoms. The van der Waals surface area contributed by atoms with Crippen LogP contribution < -0.4 is 0 Å². The molecule has 5 rings (SSSR count). The minimum absolute atomic E-state index is 0.103. The summed E-state index contributed by atoms with van der Waals surface area (Å²) in [7, 11) is -1.40. The van der Waals surface area contributed by atoms with E-state index in [0.29, 0.717) is 31.8 Å². The maximum atomic E-state index is 13.5. The summed E-state index contributed by atoms with van der Waals surface area (Å²) in [4.78, 5) is 32.7. The number of benzene rings is 2. The maximum absolute atomic E-state index is 13.5. The van der Waals surface area contributed by atoms with Crippen molar-refractivity contribution in [1.82, 2.24) is 0 Å². The Morgan fingerprint density at radius 1 is 0.973 bits per heavy atom. The quantitative estimate of drug-likeness (QED) is 0.247. The Hall–Kier alpha value is -3.13. The van der Waals surface area contributed by atoms with Crippen LogP contribution in [-0.2, 0) is 30.5 Å². The van der Waals surface area contributed by atoms with Gasteiger partial charge >= 0.3 is 11.9 Å². The Labute approximate surface area is 219 Å². The molecule has 1 N–H and O–H groups in total. The highest BCUT2D eigenvalue weighted by molar-refractivity contribution is 6.76. The molecule has 0 saturated heterocycles. The molecule has 0 radical (unpaired) electrons. The predicted molar refractivity (Wildman–Crippen MR) is 144 cm³/mol. The molecule has 3 aliphatic rings. The zero-order chi connectivity index (χ0) is 26.6. The standard InChI is InChI=1S/C29H37NO6Si/c1-5-13-34-29(33)27-25-22-16-20(31)11-12-21(22)23(26(27)28(32)35-14-15-37(2,3)4)17-24(25)30-36-18-19-9-7-6-8-10-19/h6-12,16,23,25-27,31H,5,13-15,17-18H2,1-4H3/b30-24+/t23?,25-,26-,27-/m1/s1. The fourth-order valence-electron chi connectivity index (χ4n) is 5.29. The first-order valence-corrected chi connectivity index (χ1v) is 16.8. The van der Waals surface area contributed by atoms with Gasteiger partial charge in [0.25, 0.3) is 0 Å². The fraction of sp³-hybridized carbons (Fsp3) is 0.483. The van der Waals surface area contributed by atoms with Crippen LogP contribution in [-0.4, -0.2) is 44.0 Å². The number of phenolic OH excluding ortho intramolecular Hbond substituents is 1. The molecule has 2 aromatic rings. The van der Waals surface area contributed by atoms with Crippen LogP contribution in [0.3, 0.4) is 0 Å². The number of aromatic hydroxyl groups is 1. The van der Waals surface area contributed by atoms with Crippen molar-refractivity contribution >= 4 is 25.7 Å². The van der Waals surface area contributed by atoms with E-state index in [-0.39, 0.29) is 24.2 Å². The van der Waals surface area contributed by atoms with Crippen LogP contribution in [0.1, 0.15) is 48.3 Å². The second kappa shape index (κ2) is 11.5. The summed E-state index contributed by atoms with van der Waals surface area (Å²) >= 11 is 0. The molecule has 3 aliphatic carbocycles. The van der Waals surface area contributed by atoms with Crippen LogP contribution >= 0.6 is 0 Å². The third kappa shape index (κ3) is 6.24. The van der Waals surface area contributed by atoms with Gasteiger partial charge in [0.2, 0.25) is 0 Å². The lowest BCUT2D eigenvalue weighted by atomic mass is 9.55. The van der Waals surface area contributed by atoms with E-state index in [1.165, 1.54) is 0 Å². The number of hydrogen-bond donors (Lipinski definition) is 1. The van der Waals surface area contributed by atoms with E-state index in [4.69, 9.17) is 14.3 Å². The first kappa shape index (κ1) is 26.9. The molecule has 37 heavy (non-hydrogen) atoms. The summed E-state index contributed by atoms with van der Waals surface area (Å²) in [6.45, 7) is 9.54. The van der Waals surface area contributed by atoms with Gasteiger partial charge in [0, 0.05) is 19.9 Å². The van der Waals surface area contributed by atoms with Crippen molar-refractivity contribution < 1.29 is 29.0 Å². The van der Waals surface area contributed by atoms with Crippen LogP contribution in [0.4, 0.5) is 0 Å². The van der Waals surface area contributed by atoms with Crippen LogP contribution in [0.2, 0.25) is 25.7 Å². The molecule has 198 valence electrons. The highest BCUT2D eigenvalue weighted by atomic mass is 28.3. The van der Waals surface area contributed by atoms with Gasteiger partial charge in [-0.1, -0.05) is 68.1 Å². The molecule has 4 atom stereocenters. The largest absolute Gasteiger partial charge is 0.508 e. The Bertz CT molecular complexity index is 1140. The molecule has 2 aromatic carbocycles. The number of nitrogens with zero attached hydrogens (tertiary/aromatic N) is 1. The van der Waals surface area contributed by atoms with Gasteiger partial charge in [-0.15, -0.1) is 0 Å². The van der Waals surface area contributed by atoms with E-state index in [1.54, 1.807) is 12.1 Å². The van der Waals surface area contributed by atoms with Crippen LogP contribution in [0.25, 0.3) is 0 Å². The highest BCUT2D eigenvalue weighted by Gasteiger charge is 2.57. The lowest BCUT2D eigenvalue weighted by molar-refractivity contribution is -0.163. The van der Waals surface area contributed by atoms with Crippen LogP contribution in [0, 0.1) is 11.8 Å². The first-order chi connectivity index (χ1) is 17.7. The molecular formula is C29H37NO6Si. The fourth-order valence-corrected chi connectivity index (χ4v) is 6.01. The van der Waals surface area contributed by atoms with E-state index >= 15 is 0 Å². The summed E-state index contributed by atoms with van der Waals surface area (Å²) < 4.78 is 11.4. The van der Waals surface area contributed by atoms with Gasteiger partial charge in [0.05, 0.1) is 30.8 Å². The van der Waals surface area contributed by atoms with Gasteiger partial charge in [-0.2, -0.15) is 0 Å². The van der Waals surface area contributed by atoms with Gasteiger partial charge in [-0.3, -0.25) is 9.59 Å². The summed E-state index contributed by atoms with van der Waals surface area (Å²) in [6, 6.07) is 15.7. The molecule has 8 heteroatoms. The number of carbonyl (C=O) groups excluding carboxylic acids is 2. The maximum Gasteiger partial charge on any atom is 0.310 e.